The first-order valence-electron chi connectivity index (χ1n) is 11.3. The third-order valence-corrected chi connectivity index (χ3v) is 8.89. The molecule has 0 unspecified atom stereocenters. The number of sulfonamides is 1. The van der Waals surface area contributed by atoms with E-state index in [-0.39, 0.29) is 16.5 Å². The molecular weight excluding hydrogens is 432 g/mol. The number of urea groups is 1. The summed E-state index contributed by atoms with van der Waals surface area (Å²) in [5.74, 6) is -1.09. The lowest BCUT2D eigenvalue weighted by Crippen LogP contribution is -2.50. The maximum Gasteiger partial charge on any atom is 0.344 e. The van der Waals surface area contributed by atoms with Crippen LogP contribution in [0.15, 0.2) is 29.2 Å². The molecule has 10 heteroatoms. The van der Waals surface area contributed by atoms with Crippen molar-refractivity contribution >= 4 is 27.9 Å². The molecule has 174 valence electrons. The van der Waals surface area contributed by atoms with E-state index in [0.29, 0.717) is 12.8 Å². The van der Waals surface area contributed by atoms with Crippen molar-refractivity contribution in [3.8, 4) is 0 Å². The van der Waals surface area contributed by atoms with Crippen LogP contribution in [-0.4, -0.2) is 54.2 Å². The van der Waals surface area contributed by atoms with E-state index >= 15 is 0 Å². The molecule has 2 aliphatic carbocycles. The second kappa shape index (κ2) is 8.82. The minimum Gasteiger partial charge on any atom is -0.322 e. The molecular formula is C22H30N4O5S. The maximum absolute atomic E-state index is 13.0. The van der Waals surface area contributed by atoms with Gasteiger partial charge in [0.2, 0.25) is 10.0 Å². The minimum absolute atomic E-state index is 0.0106. The number of carbonyl (C=O) groups is 3. The highest BCUT2D eigenvalue weighted by Crippen LogP contribution is 2.33. The Morgan fingerprint density at radius 2 is 1.62 bits per heavy atom. The van der Waals surface area contributed by atoms with E-state index in [9.17, 15) is 22.8 Å². The molecule has 1 aromatic carbocycles. The zero-order valence-corrected chi connectivity index (χ0v) is 19.1. The summed E-state index contributed by atoms with van der Waals surface area (Å²) in [6, 6.07) is 4.91. The predicted octanol–water partition coefficient (Wildman–Crippen LogP) is 2.54. The van der Waals surface area contributed by atoms with Gasteiger partial charge in [-0.2, -0.15) is 9.31 Å². The number of amides is 4. The molecule has 2 N–H and O–H groups in total. The summed E-state index contributed by atoms with van der Waals surface area (Å²) in [5, 5.41) is 3.48. The van der Waals surface area contributed by atoms with Gasteiger partial charge < -0.3 is 5.32 Å². The third kappa shape index (κ3) is 4.13. The maximum atomic E-state index is 13.0. The lowest BCUT2D eigenvalue weighted by molar-refractivity contribution is -0.134. The van der Waals surface area contributed by atoms with Crippen molar-refractivity contribution in [1.82, 2.24) is 20.1 Å². The first kappa shape index (κ1) is 22.7. The number of rotatable bonds is 5. The van der Waals surface area contributed by atoms with Gasteiger partial charge in [0.1, 0.15) is 5.54 Å². The third-order valence-electron chi connectivity index (χ3n) is 6.96. The number of hydrogen-bond acceptors (Lipinski definition) is 5. The molecule has 1 saturated heterocycles. The van der Waals surface area contributed by atoms with Crippen molar-refractivity contribution in [1.29, 1.82) is 0 Å². The van der Waals surface area contributed by atoms with Crippen molar-refractivity contribution in [2.45, 2.75) is 80.7 Å². The van der Waals surface area contributed by atoms with E-state index < -0.39 is 33.4 Å². The molecule has 0 radical (unpaired) electrons. The van der Waals surface area contributed by atoms with Crippen LogP contribution in [0.3, 0.4) is 0 Å². The Balaban J connectivity index is 1.44. The van der Waals surface area contributed by atoms with Gasteiger partial charge in [0.25, 0.3) is 11.8 Å². The Labute approximate surface area is 188 Å². The Morgan fingerprint density at radius 3 is 2.25 bits per heavy atom. The Morgan fingerprint density at radius 1 is 1.03 bits per heavy atom. The van der Waals surface area contributed by atoms with E-state index in [1.807, 2.05) is 0 Å². The molecule has 3 fully saturated rings. The van der Waals surface area contributed by atoms with Crippen molar-refractivity contribution < 1.29 is 22.8 Å². The Kier molecular flexibility index (Phi) is 6.26. The van der Waals surface area contributed by atoms with Gasteiger partial charge in [-0.15, -0.1) is 0 Å². The highest BCUT2D eigenvalue weighted by molar-refractivity contribution is 7.89. The minimum atomic E-state index is -3.67. The summed E-state index contributed by atoms with van der Waals surface area (Å²) in [4.78, 5) is 37.9. The number of hydrogen-bond donors (Lipinski definition) is 2. The van der Waals surface area contributed by atoms with Crippen molar-refractivity contribution in [3.63, 3.8) is 0 Å². The molecule has 1 aliphatic heterocycles. The molecule has 3 aliphatic rings. The molecule has 1 spiro atoms. The first-order valence-corrected chi connectivity index (χ1v) is 12.7. The van der Waals surface area contributed by atoms with Gasteiger partial charge in [-0.3, -0.25) is 15.0 Å². The van der Waals surface area contributed by atoms with Crippen LogP contribution in [0.25, 0.3) is 0 Å². The SMILES string of the molecule is CN(C1CCCCC1)S(=O)(=O)c1ccc(C(=O)NN2C(=O)NC3(CCCCC3)C2=O)cc1. The fourth-order valence-electron chi connectivity index (χ4n) is 4.97. The molecule has 0 aromatic heterocycles. The van der Waals surface area contributed by atoms with Crippen LogP contribution in [0.1, 0.15) is 74.6 Å². The van der Waals surface area contributed by atoms with Crippen LogP contribution in [0.2, 0.25) is 0 Å². The lowest BCUT2D eigenvalue weighted by atomic mass is 9.82. The second-order valence-corrected chi connectivity index (χ2v) is 11.0. The summed E-state index contributed by atoms with van der Waals surface area (Å²) >= 11 is 0. The van der Waals surface area contributed by atoms with Gasteiger partial charge in [-0.1, -0.05) is 38.5 Å². The smallest absolute Gasteiger partial charge is 0.322 e. The normalized spacial score (nSPS) is 21.8. The van der Waals surface area contributed by atoms with E-state index in [4.69, 9.17) is 0 Å². The van der Waals surface area contributed by atoms with Crippen LogP contribution in [0.4, 0.5) is 4.79 Å². The average Bonchev–Trinajstić information content (AvgIpc) is 3.03. The molecule has 4 amide bonds. The summed E-state index contributed by atoms with van der Waals surface area (Å²) in [7, 11) is -2.06. The van der Waals surface area contributed by atoms with Gasteiger partial charge in [0.05, 0.1) is 4.90 Å². The number of imide groups is 1. The predicted molar refractivity (Wildman–Crippen MR) is 117 cm³/mol. The zero-order valence-electron chi connectivity index (χ0n) is 18.3. The van der Waals surface area contributed by atoms with Crippen LogP contribution in [0, 0.1) is 0 Å². The van der Waals surface area contributed by atoms with Gasteiger partial charge in [-0.05, 0) is 49.9 Å². The number of hydrazine groups is 1. The fourth-order valence-corrected chi connectivity index (χ4v) is 6.38. The van der Waals surface area contributed by atoms with Crippen LogP contribution in [0.5, 0.6) is 0 Å². The average molecular weight is 463 g/mol. The van der Waals surface area contributed by atoms with Crippen molar-refractivity contribution in [2.75, 3.05) is 7.05 Å². The number of nitrogens with zero attached hydrogens (tertiary/aromatic N) is 2. The van der Waals surface area contributed by atoms with E-state index in [0.717, 1.165) is 56.4 Å². The Hall–Kier alpha value is -2.46. The first-order chi connectivity index (χ1) is 15.2. The largest absolute Gasteiger partial charge is 0.344 e. The molecule has 2 saturated carbocycles. The molecule has 1 aromatic rings. The monoisotopic (exact) mass is 462 g/mol. The standard InChI is InChI=1S/C22H30N4O5S/c1-25(17-8-4-2-5-9-17)32(30,31)18-12-10-16(11-13-18)19(27)24-26-20(28)22(23-21(26)29)14-6-3-7-15-22/h10-13,17H,2-9,14-15H2,1H3,(H,23,29)(H,24,27). The number of carbonyl (C=O) groups excluding carboxylic acids is 3. The number of nitrogens with one attached hydrogen (secondary N) is 2. The molecule has 1 heterocycles. The highest BCUT2D eigenvalue weighted by Gasteiger charge is 2.52. The Bertz CT molecular complexity index is 996. The molecule has 0 bridgehead atoms. The van der Waals surface area contributed by atoms with Crippen molar-refractivity contribution in [3.05, 3.63) is 29.8 Å². The van der Waals surface area contributed by atoms with Gasteiger partial charge in [-0.25, -0.2) is 13.2 Å². The van der Waals surface area contributed by atoms with Crippen LogP contribution >= 0.6 is 0 Å². The quantitative estimate of drug-likeness (QED) is 0.653. The van der Waals surface area contributed by atoms with Crippen LogP contribution in [-0.2, 0) is 14.8 Å². The zero-order chi connectivity index (χ0) is 22.9. The molecule has 9 nitrogen and oxygen atoms in total. The molecule has 32 heavy (non-hydrogen) atoms. The summed E-state index contributed by atoms with van der Waals surface area (Å²) in [5.41, 5.74) is 1.61. The number of benzene rings is 1. The van der Waals surface area contributed by atoms with E-state index in [1.165, 1.54) is 28.6 Å². The summed E-state index contributed by atoms with van der Waals surface area (Å²) in [6.45, 7) is 0. The van der Waals surface area contributed by atoms with Gasteiger partial charge in [0, 0.05) is 18.7 Å². The van der Waals surface area contributed by atoms with Gasteiger partial charge in [0.15, 0.2) is 0 Å². The topological polar surface area (TPSA) is 116 Å². The molecule has 0 atom stereocenters. The molecule has 4 rings (SSSR count). The van der Waals surface area contributed by atoms with Crippen LogP contribution < -0.4 is 10.7 Å². The second-order valence-electron chi connectivity index (χ2n) is 8.99. The van der Waals surface area contributed by atoms with Gasteiger partial charge >= 0.3 is 6.03 Å². The highest BCUT2D eigenvalue weighted by atomic mass is 32.2. The fraction of sp³-hybridized carbons (Fsp3) is 0.591. The van der Waals surface area contributed by atoms with E-state index in [1.54, 1.807) is 7.05 Å². The van der Waals surface area contributed by atoms with E-state index in [2.05, 4.69) is 10.7 Å². The summed E-state index contributed by atoms with van der Waals surface area (Å²) < 4.78 is 27.4. The lowest BCUT2D eigenvalue weighted by Gasteiger charge is -2.30. The summed E-state index contributed by atoms with van der Waals surface area (Å²) in [6.07, 6.45) is 8.71. The van der Waals surface area contributed by atoms with Crippen molar-refractivity contribution in [2.24, 2.45) is 0 Å².